The molecule has 0 atom stereocenters. The number of furan rings is 1. The van der Waals surface area contributed by atoms with Crippen molar-refractivity contribution < 1.29 is 23.1 Å². The zero-order valence-corrected chi connectivity index (χ0v) is 15.4. The van der Waals surface area contributed by atoms with Crippen LogP contribution in [0.15, 0.2) is 40.8 Å². The fraction of sp³-hybridized carbons (Fsp3) is 0.250. The molecule has 26 heavy (non-hydrogen) atoms. The van der Waals surface area contributed by atoms with Gasteiger partial charge in [0.05, 0.1) is 11.1 Å². The van der Waals surface area contributed by atoms with Gasteiger partial charge in [-0.05, 0) is 51.1 Å². The molecule has 3 rings (SSSR count). The van der Waals surface area contributed by atoms with Crippen LogP contribution in [0.3, 0.4) is 0 Å². The molecule has 0 radical (unpaired) electrons. The zero-order valence-electron chi connectivity index (χ0n) is 14.6. The van der Waals surface area contributed by atoms with Crippen molar-refractivity contribution in [2.45, 2.75) is 33.5 Å². The van der Waals surface area contributed by atoms with Crippen LogP contribution in [-0.4, -0.2) is 12.1 Å². The van der Waals surface area contributed by atoms with Crippen molar-refractivity contribution in [3.8, 4) is 5.75 Å². The molecule has 0 N–H and O–H groups in total. The average Bonchev–Trinajstić information content (AvgIpc) is 2.88. The van der Waals surface area contributed by atoms with Crippen molar-refractivity contribution in [1.29, 1.82) is 0 Å². The molecule has 0 spiro atoms. The van der Waals surface area contributed by atoms with Crippen LogP contribution in [0.4, 0.5) is 4.39 Å². The maximum atomic E-state index is 13.1. The third kappa shape index (κ3) is 3.83. The highest BCUT2D eigenvalue weighted by molar-refractivity contribution is 6.31. The normalized spacial score (nSPS) is 11.2. The Labute approximate surface area is 155 Å². The van der Waals surface area contributed by atoms with Gasteiger partial charge in [0.1, 0.15) is 35.1 Å². The van der Waals surface area contributed by atoms with Gasteiger partial charge in [-0.2, -0.15) is 0 Å². The molecule has 0 saturated carbocycles. The lowest BCUT2D eigenvalue weighted by molar-refractivity contribution is 0.0378. The van der Waals surface area contributed by atoms with E-state index in [1.807, 2.05) is 0 Å². The summed E-state index contributed by atoms with van der Waals surface area (Å²) < 4.78 is 29.8. The third-order valence-corrected chi connectivity index (χ3v) is 4.14. The maximum absolute atomic E-state index is 13.1. The van der Waals surface area contributed by atoms with E-state index in [4.69, 9.17) is 25.5 Å². The van der Waals surface area contributed by atoms with E-state index >= 15 is 0 Å². The minimum atomic E-state index is -0.435. The number of hydrogen-bond acceptors (Lipinski definition) is 4. The van der Waals surface area contributed by atoms with Crippen LogP contribution in [0.2, 0.25) is 5.02 Å². The Morgan fingerprint density at radius 2 is 2.00 bits per heavy atom. The first kappa shape index (κ1) is 18.3. The number of carbonyl (C=O) groups excluding carboxylic acids is 1. The minimum Gasteiger partial charge on any atom is -0.489 e. The SMILES string of the molecule is Cc1oc2ccc(OCc3ccc(F)cc3Cl)cc2c1C(=O)OC(C)C. The Morgan fingerprint density at radius 3 is 2.69 bits per heavy atom. The summed E-state index contributed by atoms with van der Waals surface area (Å²) in [5.74, 6) is 0.194. The van der Waals surface area contributed by atoms with Crippen molar-refractivity contribution in [1.82, 2.24) is 0 Å². The number of aryl methyl sites for hydroxylation is 1. The molecule has 0 saturated heterocycles. The monoisotopic (exact) mass is 376 g/mol. The van der Waals surface area contributed by atoms with Crippen LogP contribution >= 0.6 is 11.6 Å². The van der Waals surface area contributed by atoms with E-state index in [9.17, 15) is 9.18 Å². The quantitative estimate of drug-likeness (QED) is 0.537. The van der Waals surface area contributed by atoms with Crippen molar-refractivity contribution in [2.24, 2.45) is 0 Å². The van der Waals surface area contributed by atoms with E-state index < -0.39 is 11.8 Å². The Kier molecular flexibility index (Phi) is 5.18. The molecular weight excluding hydrogens is 359 g/mol. The van der Waals surface area contributed by atoms with E-state index in [0.717, 1.165) is 0 Å². The van der Waals surface area contributed by atoms with Crippen LogP contribution in [0.1, 0.15) is 35.5 Å². The van der Waals surface area contributed by atoms with E-state index in [2.05, 4.69) is 0 Å². The summed E-state index contributed by atoms with van der Waals surface area (Å²) in [7, 11) is 0. The molecule has 3 aromatic rings. The van der Waals surface area contributed by atoms with E-state index in [1.165, 1.54) is 12.1 Å². The fourth-order valence-electron chi connectivity index (χ4n) is 2.62. The standard InChI is InChI=1S/C20H18ClFO4/c1-11(2)25-20(23)19-12(3)26-18-7-6-15(9-16(18)19)24-10-13-4-5-14(22)8-17(13)21/h4-9,11H,10H2,1-3H3. The van der Waals surface area contributed by atoms with Crippen molar-refractivity contribution in [3.05, 3.63) is 64.1 Å². The number of halogens is 2. The second-order valence-corrected chi connectivity index (χ2v) is 6.58. The van der Waals surface area contributed by atoms with Gasteiger partial charge in [-0.3, -0.25) is 0 Å². The van der Waals surface area contributed by atoms with E-state index in [-0.39, 0.29) is 12.7 Å². The summed E-state index contributed by atoms with van der Waals surface area (Å²) in [6.07, 6.45) is -0.230. The lowest BCUT2D eigenvalue weighted by atomic mass is 10.1. The highest BCUT2D eigenvalue weighted by Gasteiger charge is 2.21. The van der Waals surface area contributed by atoms with Gasteiger partial charge in [-0.1, -0.05) is 17.7 Å². The van der Waals surface area contributed by atoms with E-state index in [0.29, 0.717) is 38.6 Å². The Morgan fingerprint density at radius 1 is 1.23 bits per heavy atom. The molecule has 4 nitrogen and oxygen atoms in total. The zero-order chi connectivity index (χ0) is 18.8. The number of fused-ring (bicyclic) bond motifs is 1. The van der Waals surface area contributed by atoms with Gasteiger partial charge in [0, 0.05) is 10.9 Å². The summed E-state index contributed by atoms with van der Waals surface area (Å²) in [6.45, 7) is 5.47. The highest BCUT2D eigenvalue weighted by atomic mass is 35.5. The number of benzene rings is 2. The molecule has 0 aliphatic carbocycles. The Balaban J connectivity index is 1.87. The first-order chi connectivity index (χ1) is 12.3. The second kappa shape index (κ2) is 7.38. The van der Waals surface area contributed by atoms with E-state index in [1.54, 1.807) is 45.0 Å². The largest absolute Gasteiger partial charge is 0.489 e. The number of hydrogen-bond donors (Lipinski definition) is 0. The van der Waals surface area contributed by atoms with Crippen LogP contribution in [0.5, 0.6) is 5.75 Å². The van der Waals surface area contributed by atoms with Crippen LogP contribution in [0, 0.1) is 12.7 Å². The van der Waals surface area contributed by atoms with Gasteiger partial charge in [0.2, 0.25) is 0 Å². The summed E-state index contributed by atoms with van der Waals surface area (Å²) in [6, 6.07) is 9.33. The molecule has 6 heteroatoms. The Bertz CT molecular complexity index is 962. The van der Waals surface area contributed by atoms with Crippen molar-refractivity contribution in [2.75, 3.05) is 0 Å². The van der Waals surface area contributed by atoms with Crippen molar-refractivity contribution in [3.63, 3.8) is 0 Å². The minimum absolute atomic E-state index is 0.174. The first-order valence-corrected chi connectivity index (χ1v) is 8.54. The number of rotatable bonds is 5. The molecule has 0 aliphatic heterocycles. The van der Waals surface area contributed by atoms with Gasteiger partial charge < -0.3 is 13.9 Å². The Hall–Kier alpha value is -2.53. The maximum Gasteiger partial charge on any atom is 0.342 e. The summed E-state index contributed by atoms with van der Waals surface area (Å²) in [5.41, 5.74) is 1.63. The molecule has 1 heterocycles. The molecule has 2 aromatic carbocycles. The molecular formula is C20H18ClFO4. The predicted octanol–water partition coefficient (Wildman–Crippen LogP) is 5.68. The smallest absolute Gasteiger partial charge is 0.342 e. The molecule has 1 aromatic heterocycles. The van der Waals surface area contributed by atoms with Crippen LogP contribution < -0.4 is 4.74 Å². The number of esters is 1. The molecule has 136 valence electrons. The molecule has 0 fully saturated rings. The van der Waals surface area contributed by atoms with Gasteiger partial charge >= 0.3 is 5.97 Å². The van der Waals surface area contributed by atoms with Crippen LogP contribution in [0.25, 0.3) is 11.0 Å². The lowest BCUT2D eigenvalue weighted by Gasteiger charge is -2.09. The van der Waals surface area contributed by atoms with Crippen LogP contribution in [-0.2, 0) is 11.3 Å². The lowest BCUT2D eigenvalue weighted by Crippen LogP contribution is -2.12. The molecule has 0 bridgehead atoms. The van der Waals surface area contributed by atoms with Gasteiger partial charge in [0.15, 0.2) is 0 Å². The third-order valence-electron chi connectivity index (χ3n) is 3.79. The summed E-state index contributed by atoms with van der Waals surface area (Å²) >= 11 is 6.01. The summed E-state index contributed by atoms with van der Waals surface area (Å²) in [5, 5.41) is 0.919. The number of carbonyl (C=O) groups is 1. The second-order valence-electron chi connectivity index (χ2n) is 6.17. The van der Waals surface area contributed by atoms with Gasteiger partial charge in [0.25, 0.3) is 0 Å². The molecule has 0 amide bonds. The first-order valence-electron chi connectivity index (χ1n) is 8.16. The fourth-order valence-corrected chi connectivity index (χ4v) is 2.84. The topological polar surface area (TPSA) is 48.7 Å². The van der Waals surface area contributed by atoms with Crippen molar-refractivity contribution >= 4 is 28.5 Å². The van der Waals surface area contributed by atoms with Gasteiger partial charge in [-0.25, -0.2) is 9.18 Å². The number of ether oxygens (including phenoxy) is 2. The van der Waals surface area contributed by atoms with Gasteiger partial charge in [-0.15, -0.1) is 0 Å². The molecule has 0 aliphatic rings. The molecule has 0 unspecified atom stereocenters. The average molecular weight is 377 g/mol. The summed E-state index contributed by atoms with van der Waals surface area (Å²) in [4.78, 5) is 12.3. The predicted molar refractivity (Wildman–Crippen MR) is 97.2 cm³/mol. The highest BCUT2D eigenvalue weighted by Crippen LogP contribution is 2.30.